The number of fused-ring (bicyclic) bond motifs is 1. The van der Waals surface area contributed by atoms with Crippen LogP contribution in [0.2, 0.25) is 0 Å². The monoisotopic (exact) mass is 840 g/mol. The van der Waals surface area contributed by atoms with E-state index in [1.165, 1.54) is 12.4 Å². The van der Waals surface area contributed by atoms with Gasteiger partial charge in [0.2, 0.25) is 47.3 Å². The second-order valence-electron chi connectivity index (χ2n) is 15.4. The normalized spacial score (nSPS) is 19.5. The minimum atomic E-state index is -1.08. The fourth-order valence-electron chi connectivity index (χ4n) is 6.61. The molecule has 0 aromatic carbocycles. The van der Waals surface area contributed by atoms with E-state index in [-0.39, 0.29) is 48.7 Å². The summed E-state index contributed by atoms with van der Waals surface area (Å²) in [5.41, 5.74) is 6.97. The van der Waals surface area contributed by atoms with Crippen molar-refractivity contribution in [2.24, 2.45) is 23.5 Å². The Balaban J connectivity index is 1.68. The molecule has 8 atom stereocenters. The molecular formula is C37H64N10O10S. The number of amides is 10. The quantitative estimate of drug-likeness (QED) is 0.0202. The first-order valence-corrected chi connectivity index (χ1v) is 21.1. The van der Waals surface area contributed by atoms with Crippen molar-refractivity contribution in [2.75, 3.05) is 25.4 Å². The first-order chi connectivity index (χ1) is 27.4. The van der Waals surface area contributed by atoms with Crippen LogP contribution in [0.5, 0.6) is 0 Å². The molecule has 0 aromatic rings. The number of carbonyl (C=O) groups is 9. The lowest BCUT2D eigenvalue weighted by Crippen LogP contribution is -2.56. The van der Waals surface area contributed by atoms with Gasteiger partial charge in [0.05, 0.1) is 25.2 Å². The van der Waals surface area contributed by atoms with Crippen LogP contribution in [0.3, 0.4) is 0 Å². The van der Waals surface area contributed by atoms with Crippen LogP contribution in [0, 0.1) is 17.8 Å². The highest BCUT2D eigenvalue weighted by Gasteiger charge is 2.42. The first kappa shape index (κ1) is 49.5. The summed E-state index contributed by atoms with van der Waals surface area (Å²) >= 11 is 1.84. The molecular weight excluding hydrogens is 777 g/mol. The van der Waals surface area contributed by atoms with E-state index < -0.39 is 78.5 Å². The molecule has 21 heteroatoms. The van der Waals surface area contributed by atoms with Crippen molar-refractivity contribution in [3.05, 3.63) is 0 Å². The second-order valence-corrected chi connectivity index (χ2v) is 16.7. The number of hydroxylamine groups is 1. The average Bonchev–Trinajstić information content (AvgIpc) is 3.73. The number of nitrogens with two attached hydrogens (primary N) is 1. The summed E-state index contributed by atoms with van der Waals surface area (Å²) in [5, 5.41) is 30.4. The molecule has 10 amide bonds. The van der Waals surface area contributed by atoms with Crippen LogP contribution in [0.15, 0.2) is 0 Å². The number of rotatable bonds is 27. The number of hydrogen-bond acceptors (Lipinski definition) is 11. The fourth-order valence-corrected chi connectivity index (χ4v) is 8.16. The van der Waals surface area contributed by atoms with Crippen molar-refractivity contribution < 1.29 is 48.4 Å². The van der Waals surface area contributed by atoms with Crippen LogP contribution in [-0.2, 0) is 38.4 Å². The van der Waals surface area contributed by atoms with Gasteiger partial charge < -0.3 is 48.3 Å². The lowest BCUT2D eigenvalue weighted by molar-refractivity contribution is -0.137. The van der Waals surface area contributed by atoms with E-state index in [0.717, 1.165) is 25.0 Å². The average molecular weight is 841 g/mol. The molecule has 2 rings (SSSR count). The lowest BCUT2D eigenvalue weighted by Gasteiger charge is -2.26. The van der Waals surface area contributed by atoms with Gasteiger partial charge in [-0.2, -0.15) is 11.8 Å². The lowest BCUT2D eigenvalue weighted by atomic mass is 9.92. The number of unbranched alkanes of at least 4 members (excludes halogenated alkanes) is 2. The fraction of sp³-hybridized carbons (Fsp3) is 0.757. The summed E-state index contributed by atoms with van der Waals surface area (Å²) < 4.78 is 0. The molecule has 0 aromatic heterocycles. The molecule has 2 aliphatic heterocycles. The molecule has 58 heavy (non-hydrogen) atoms. The topological polar surface area (TPSA) is 308 Å². The molecule has 0 radical (unpaired) electrons. The van der Waals surface area contributed by atoms with Crippen LogP contribution < -0.4 is 53.7 Å². The Labute approximate surface area is 343 Å². The van der Waals surface area contributed by atoms with Crippen LogP contribution in [0.1, 0.15) is 98.8 Å². The van der Waals surface area contributed by atoms with Gasteiger partial charge in [0.25, 0.3) is 0 Å². The van der Waals surface area contributed by atoms with Crippen molar-refractivity contribution in [3.63, 3.8) is 0 Å². The Morgan fingerprint density at radius 2 is 1.52 bits per heavy atom. The number of hydrogen-bond donors (Lipinski definition) is 11. The Hall–Kier alpha value is -4.66. The largest absolute Gasteiger partial charge is 0.368 e. The number of carbonyl (C=O) groups excluding carboxylic acids is 9. The maximum absolute atomic E-state index is 13.1. The van der Waals surface area contributed by atoms with Gasteiger partial charge in [-0.1, -0.05) is 40.5 Å². The number of primary amides is 1. The predicted octanol–water partition coefficient (Wildman–Crippen LogP) is -1.21. The third-order valence-electron chi connectivity index (χ3n) is 10.1. The standard InChI is InChI=1S/C37H64N10O10S/c1-6-21(4)31(45-34(53)22(5)42-35(54)23(15-20(2)3)16-28(49)47-57)36(55)41-17-29(50)40-18-30(51)43-24(33(38)52)11-9-10-14-39-27(48)13-8-7-12-26-32-25(19-58-26)44-37(56)46-32/h20-26,31-32,57H,6-19H2,1-5H3,(H2,38,52)(H,39,48)(H,40,50)(H,41,55)(H,42,54)(H,43,51)(H,45,53)(H,47,49)(H2,44,46,56)/t21-,22-,23?,24-,25-,26-,31-,32-/m0/s1. The Bertz CT molecular complexity index is 1450. The Morgan fingerprint density at radius 3 is 2.17 bits per heavy atom. The summed E-state index contributed by atoms with van der Waals surface area (Å²) in [6.45, 7) is 8.04. The summed E-state index contributed by atoms with van der Waals surface area (Å²) in [7, 11) is 0. The highest BCUT2D eigenvalue weighted by atomic mass is 32.2. The highest BCUT2D eigenvalue weighted by molar-refractivity contribution is 8.00. The third kappa shape index (κ3) is 17.9. The molecule has 0 bridgehead atoms. The predicted molar refractivity (Wildman–Crippen MR) is 214 cm³/mol. The van der Waals surface area contributed by atoms with E-state index in [0.29, 0.717) is 43.9 Å². The van der Waals surface area contributed by atoms with E-state index in [2.05, 4.69) is 42.5 Å². The maximum Gasteiger partial charge on any atom is 0.315 e. The molecule has 2 heterocycles. The van der Waals surface area contributed by atoms with Gasteiger partial charge in [-0.15, -0.1) is 0 Å². The zero-order chi connectivity index (χ0) is 43.4. The van der Waals surface area contributed by atoms with Crippen LogP contribution >= 0.6 is 11.8 Å². The van der Waals surface area contributed by atoms with Crippen LogP contribution in [0.4, 0.5) is 4.79 Å². The number of thioether (sulfide) groups is 1. The van der Waals surface area contributed by atoms with Crippen molar-refractivity contribution in [2.45, 2.75) is 134 Å². The number of urea groups is 1. The van der Waals surface area contributed by atoms with Gasteiger partial charge in [0, 0.05) is 36.3 Å². The minimum absolute atomic E-state index is 0.0484. The van der Waals surface area contributed by atoms with Crippen molar-refractivity contribution in [1.29, 1.82) is 0 Å². The van der Waals surface area contributed by atoms with Gasteiger partial charge in [-0.25, -0.2) is 10.3 Å². The van der Waals surface area contributed by atoms with Crippen LogP contribution in [-0.4, -0.2) is 119 Å². The third-order valence-corrected chi connectivity index (χ3v) is 11.6. The van der Waals surface area contributed by atoms with E-state index >= 15 is 0 Å². The molecule has 12 N–H and O–H groups in total. The molecule has 2 aliphatic rings. The molecule has 1 unspecified atom stereocenters. The maximum atomic E-state index is 13.1. The first-order valence-electron chi connectivity index (χ1n) is 20.1. The highest BCUT2D eigenvalue weighted by Crippen LogP contribution is 2.33. The van der Waals surface area contributed by atoms with Crippen molar-refractivity contribution in [3.8, 4) is 0 Å². The van der Waals surface area contributed by atoms with E-state index in [9.17, 15) is 43.2 Å². The smallest absolute Gasteiger partial charge is 0.315 e. The van der Waals surface area contributed by atoms with E-state index in [4.69, 9.17) is 10.9 Å². The Morgan fingerprint density at radius 1 is 0.810 bits per heavy atom. The zero-order valence-corrected chi connectivity index (χ0v) is 35.0. The second kappa shape index (κ2) is 25.6. The molecule has 0 spiro atoms. The molecule has 2 saturated heterocycles. The summed E-state index contributed by atoms with van der Waals surface area (Å²) in [6.07, 6.45) is 4.69. The van der Waals surface area contributed by atoms with Gasteiger partial charge >= 0.3 is 6.03 Å². The molecule has 20 nitrogen and oxygen atoms in total. The minimum Gasteiger partial charge on any atom is -0.368 e. The SMILES string of the molecule is CC[C@H](C)[C@H](NC(=O)[C@H](C)NC(=O)C(CC(=O)NO)CC(C)C)C(=O)NCC(=O)NCC(=O)N[C@@H](CCCCNC(=O)CCCC[C@@H]1SC[C@@H]2NC(=O)N[C@@H]21)C(N)=O. The van der Waals surface area contributed by atoms with Gasteiger partial charge in [0.1, 0.15) is 18.1 Å². The molecule has 0 aliphatic carbocycles. The molecule has 328 valence electrons. The number of nitrogens with one attached hydrogen (secondary N) is 9. The summed E-state index contributed by atoms with van der Waals surface area (Å²) in [6, 6.07) is -2.95. The van der Waals surface area contributed by atoms with E-state index in [1.54, 1.807) is 13.8 Å². The van der Waals surface area contributed by atoms with Gasteiger partial charge in [-0.3, -0.25) is 43.6 Å². The van der Waals surface area contributed by atoms with Crippen molar-refractivity contribution in [1.82, 2.24) is 48.0 Å². The van der Waals surface area contributed by atoms with Gasteiger partial charge in [0.15, 0.2) is 0 Å². The molecule has 2 fully saturated rings. The van der Waals surface area contributed by atoms with Crippen molar-refractivity contribution >= 4 is 65.1 Å². The van der Waals surface area contributed by atoms with E-state index in [1.807, 2.05) is 25.6 Å². The zero-order valence-electron chi connectivity index (χ0n) is 34.2. The Kier molecular flexibility index (Phi) is 21.9. The van der Waals surface area contributed by atoms with Gasteiger partial charge in [-0.05, 0) is 57.3 Å². The molecule has 0 saturated carbocycles. The van der Waals surface area contributed by atoms with Crippen LogP contribution in [0.25, 0.3) is 0 Å². The summed E-state index contributed by atoms with van der Waals surface area (Å²) in [4.78, 5) is 111. The summed E-state index contributed by atoms with van der Waals surface area (Å²) in [5.74, 6) is -5.09.